The number of aliphatic hydroxyl groups excluding tert-OH is 2. The van der Waals surface area contributed by atoms with Crippen LogP contribution in [-0.4, -0.2) is 65.1 Å². The van der Waals surface area contributed by atoms with Crippen LogP contribution in [0.4, 0.5) is 0 Å². The van der Waals surface area contributed by atoms with Gasteiger partial charge in [-0.25, -0.2) is 4.79 Å². The quantitative estimate of drug-likeness (QED) is 0.320. The smallest absolute Gasteiger partial charge is 0.394 e. The Morgan fingerprint density at radius 3 is 1.25 bits per heavy atom. The molecule has 0 amide bonds. The van der Waals surface area contributed by atoms with E-state index in [0.29, 0.717) is 0 Å². The third-order valence-electron chi connectivity index (χ3n) is 1.03. The number of carbonyl (C=O) groups is 2. The summed E-state index contributed by atoms with van der Waals surface area (Å²) in [6.07, 6.45) is -1.23. The Morgan fingerprint density at radius 2 is 1.25 bits per heavy atom. The molecule has 0 fully saturated rings. The van der Waals surface area contributed by atoms with Gasteiger partial charge >= 0.3 is 22.3 Å². The number of carboxylic acids is 1. The molecule has 0 aliphatic heterocycles. The van der Waals surface area contributed by atoms with Crippen molar-refractivity contribution in [1.82, 2.24) is 0 Å². The molecule has 5 N–H and O–H groups in total. The first-order valence-corrected chi connectivity index (χ1v) is 6.35. The zero-order chi connectivity index (χ0) is 17.5. The summed E-state index contributed by atoms with van der Waals surface area (Å²) < 4.78 is 36.0. The van der Waals surface area contributed by atoms with Crippen LogP contribution in [0.1, 0.15) is 20.8 Å². The van der Waals surface area contributed by atoms with Gasteiger partial charge < -0.3 is 20.1 Å². The minimum Gasteiger partial charge on any atom is -0.479 e. The second-order valence-electron chi connectivity index (χ2n) is 3.14. The van der Waals surface area contributed by atoms with Crippen LogP contribution in [0, 0.1) is 5.92 Å². The van der Waals surface area contributed by atoms with E-state index in [1.54, 1.807) is 13.8 Å². The Bertz CT molecular complexity index is 325. The van der Waals surface area contributed by atoms with E-state index in [0.717, 1.165) is 7.11 Å². The molecule has 0 aromatic heterocycles. The molecule has 0 radical (unpaired) electrons. The van der Waals surface area contributed by atoms with Crippen molar-refractivity contribution in [3.63, 3.8) is 0 Å². The maximum Gasteiger partial charge on any atom is 0.394 e. The zero-order valence-electron chi connectivity index (χ0n) is 11.8. The van der Waals surface area contributed by atoms with Crippen molar-refractivity contribution in [2.75, 3.05) is 14.2 Å². The van der Waals surface area contributed by atoms with Crippen LogP contribution in [0.3, 0.4) is 0 Å². The molecule has 0 spiro atoms. The van der Waals surface area contributed by atoms with Crippen molar-refractivity contribution in [1.29, 1.82) is 0 Å². The molecule has 0 aromatic rings. The third kappa shape index (κ3) is 54.3. The summed E-state index contributed by atoms with van der Waals surface area (Å²) in [5.41, 5.74) is 0. The molecular formula is C9H22O10S. The lowest BCUT2D eigenvalue weighted by Gasteiger charge is -1.97. The molecule has 0 heterocycles. The average Bonchev–Trinajstić information content (AvgIpc) is 2.29. The van der Waals surface area contributed by atoms with E-state index in [9.17, 15) is 9.59 Å². The minimum absolute atomic E-state index is 0.00463. The van der Waals surface area contributed by atoms with Crippen LogP contribution in [-0.2, 0) is 24.7 Å². The minimum atomic E-state index is -4.67. The number of hydrogen-bond acceptors (Lipinski definition) is 7. The average molecular weight is 322 g/mol. The first-order chi connectivity index (χ1) is 8.82. The molecule has 0 aliphatic rings. The Hall–Kier alpha value is -1.27. The van der Waals surface area contributed by atoms with Gasteiger partial charge in [-0.1, -0.05) is 13.8 Å². The summed E-state index contributed by atoms with van der Waals surface area (Å²) in [5.74, 6) is -1.33. The highest BCUT2D eigenvalue weighted by Crippen LogP contribution is 1.91. The van der Waals surface area contributed by atoms with Crippen LogP contribution in [0.2, 0.25) is 0 Å². The Kier molecular flexibility index (Phi) is 21.4. The number of aliphatic hydroxyl groups is 2. The molecule has 20 heavy (non-hydrogen) atoms. The maximum atomic E-state index is 10.3. The largest absolute Gasteiger partial charge is 0.479 e. The topological polar surface area (TPSA) is 179 Å². The number of carboxylic acid groups (broad SMARTS) is 1. The molecule has 11 heteroatoms. The van der Waals surface area contributed by atoms with Gasteiger partial charge in [0.15, 0.2) is 0 Å². The molecule has 0 saturated heterocycles. The van der Waals surface area contributed by atoms with Crippen molar-refractivity contribution >= 4 is 22.3 Å². The number of carbonyl (C=O) groups excluding carboxylic acids is 1. The summed E-state index contributed by atoms with van der Waals surface area (Å²) in [4.78, 5) is 19.7. The van der Waals surface area contributed by atoms with E-state index in [1.807, 2.05) is 0 Å². The summed E-state index contributed by atoms with van der Waals surface area (Å²) in [6.45, 7) is 4.79. The van der Waals surface area contributed by atoms with Crippen LogP contribution in [0.15, 0.2) is 0 Å². The number of rotatable bonds is 2. The molecule has 0 rings (SSSR count). The predicted octanol–water partition coefficient (Wildman–Crippen LogP) is -0.777. The first-order valence-electron chi connectivity index (χ1n) is 4.96. The summed E-state index contributed by atoms with van der Waals surface area (Å²) in [7, 11) is -2.28. The molecule has 0 aromatic carbocycles. The van der Waals surface area contributed by atoms with Gasteiger partial charge in [-0.2, -0.15) is 8.42 Å². The summed E-state index contributed by atoms with van der Waals surface area (Å²) >= 11 is 0. The highest BCUT2D eigenvalue weighted by Gasteiger charge is 2.03. The summed E-state index contributed by atoms with van der Waals surface area (Å²) in [5, 5.41) is 22.8. The molecule has 0 saturated carbocycles. The molecule has 10 nitrogen and oxygen atoms in total. The lowest BCUT2D eigenvalue weighted by molar-refractivity contribution is -0.145. The molecular weight excluding hydrogens is 300 g/mol. The van der Waals surface area contributed by atoms with E-state index >= 15 is 0 Å². The first kappa shape index (κ1) is 27.1. The standard InChI is InChI=1S/C5H10O2.C3H6O3.CH4O.H2O4S/c1-4(2)5(6)7-3;1-2(4)3(5)6;1-2;1-5(2,3)4/h4H,1-3H3;2,4H,1H3,(H,5,6);2H,1H3;(H2,1,2,3,4). The van der Waals surface area contributed by atoms with Gasteiger partial charge in [-0.05, 0) is 6.92 Å². The third-order valence-corrected chi connectivity index (χ3v) is 1.03. The number of ether oxygens (including phenoxy) is 1. The molecule has 1 unspecified atom stereocenters. The van der Waals surface area contributed by atoms with Gasteiger partial charge in [-0.3, -0.25) is 13.9 Å². The van der Waals surface area contributed by atoms with Crippen LogP contribution in [0.25, 0.3) is 0 Å². The predicted molar refractivity (Wildman–Crippen MR) is 68.5 cm³/mol. The monoisotopic (exact) mass is 322 g/mol. The maximum absolute atomic E-state index is 10.3. The van der Waals surface area contributed by atoms with Gasteiger partial charge in [0.1, 0.15) is 6.10 Å². The van der Waals surface area contributed by atoms with Crippen molar-refractivity contribution in [3.05, 3.63) is 0 Å². The number of aliphatic carboxylic acids is 1. The Morgan fingerprint density at radius 1 is 1.05 bits per heavy atom. The highest BCUT2D eigenvalue weighted by molar-refractivity contribution is 7.79. The van der Waals surface area contributed by atoms with E-state index in [-0.39, 0.29) is 11.9 Å². The SMILES string of the molecule is CC(O)C(=O)O.CO.COC(=O)C(C)C.O=S(=O)(O)O. The van der Waals surface area contributed by atoms with Crippen molar-refractivity contribution in [2.24, 2.45) is 5.92 Å². The zero-order valence-corrected chi connectivity index (χ0v) is 12.7. The van der Waals surface area contributed by atoms with Gasteiger partial charge in [0.05, 0.1) is 13.0 Å². The molecule has 124 valence electrons. The lowest BCUT2D eigenvalue weighted by Crippen LogP contribution is -2.13. The van der Waals surface area contributed by atoms with Gasteiger partial charge in [0.25, 0.3) is 0 Å². The Labute approximate surface area is 117 Å². The lowest BCUT2D eigenvalue weighted by atomic mass is 10.2. The highest BCUT2D eigenvalue weighted by atomic mass is 32.3. The second kappa shape index (κ2) is 15.8. The van der Waals surface area contributed by atoms with E-state index in [2.05, 4.69) is 4.74 Å². The number of hydrogen-bond donors (Lipinski definition) is 5. The van der Waals surface area contributed by atoms with Crippen LogP contribution >= 0.6 is 0 Å². The molecule has 0 bridgehead atoms. The summed E-state index contributed by atoms with van der Waals surface area (Å²) in [6, 6.07) is 0. The van der Waals surface area contributed by atoms with E-state index < -0.39 is 22.5 Å². The van der Waals surface area contributed by atoms with Crippen molar-refractivity contribution in [2.45, 2.75) is 26.9 Å². The Balaban J connectivity index is -0.0000000913. The fraction of sp³-hybridized carbons (Fsp3) is 0.778. The van der Waals surface area contributed by atoms with Crippen molar-refractivity contribution in [3.8, 4) is 0 Å². The number of methoxy groups -OCH3 is 1. The molecule has 0 aliphatic carbocycles. The van der Waals surface area contributed by atoms with E-state index in [1.165, 1.54) is 14.0 Å². The normalized spacial score (nSPS) is 10.5. The van der Waals surface area contributed by atoms with Crippen LogP contribution < -0.4 is 0 Å². The second-order valence-corrected chi connectivity index (χ2v) is 4.04. The number of esters is 1. The van der Waals surface area contributed by atoms with Gasteiger partial charge in [-0.15, -0.1) is 0 Å². The fourth-order valence-electron chi connectivity index (χ4n) is 0.236. The van der Waals surface area contributed by atoms with Crippen LogP contribution in [0.5, 0.6) is 0 Å². The van der Waals surface area contributed by atoms with Gasteiger partial charge in [0, 0.05) is 7.11 Å². The molecule has 1 atom stereocenters. The fourth-order valence-corrected chi connectivity index (χ4v) is 0.236. The van der Waals surface area contributed by atoms with E-state index in [4.69, 9.17) is 32.8 Å². The van der Waals surface area contributed by atoms with Gasteiger partial charge in [0.2, 0.25) is 0 Å². The van der Waals surface area contributed by atoms with Crippen molar-refractivity contribution < 1.29 is 47.2 Å².